The van der Waals surface area contributed by atoms with Crippen LogP contribution < -0.4 is 21.3 Å². The summed E-state index contributed by atoms with van der Waals surface area (Å²) in [5, 5.41) is 2.84. The van der Waals surface area contributed by atoms with Gasteiger partial charge in [0.25, 0.3) is 5.56 Å². The number of nitrogens with zero attached hydrogens (tertiary/aromatic N) is 3. The summed E-state index contributed by atoms with van der Waals surface area (Å²) in [7, 11) is -5.37. The number of alkyl halides is 3. The average molecular weight is 474 g/mol. The van der Waals surface area contributed by atoms with E-state index >= 15 is 0 Å². The molecule has 10 nitrogen and oxygen atoms in total. The van der Waals surface area contributed by atoms with Crippen molar-refractivity contribution in [3.8, 4) is 0 Å². The fraction of sp³-hybridized carbons (Fsp3) is 0.444. The van der Waals surface area contributed by atoms with Crippen molar-refractivity contribution in [3.63, 3.8) is 0 Å². The highest BCUT2D eigenvalue weighted by Gasteiger charge is 2.45. The zero-order chi connectivity index (χ0) is 23.7. The number of rotatable bonds is 8. The van der Waals surface area contributed by atoms with Crippen molar-refractivity contribution in [2.24, 2.45) is 0 Å². The van der Waals surface area contributed by atoms with Gasteiger partial charge < -0.3 is 5.32 Å². The predicted molar refractivity (Wildman–Crippen MR) is 112 cm³/mol. The standard InChI is InChI=1S/C18H21F3N6O4S/c1-10-8-12-13(9-11(10)2)25-15-14(24-12)16(28)27(17(29)26-15)7-6-22-4-3-5-23-32(30,31)18(19,20)21/h8-9,22-23H,3-7H2,1-2H3,(H,25,26,29). The van der Waals surface area contributed by atoms with E-state index in [-0.39, 0.29) is 37.2 Å². The Bertz CT molecular complexity index is 1380. The summed E-state index contributed by atoms with van der Waals surface area (Å²) in [4.78, 5) is 36.3. The fourth-order valence-corrected chi connectivity index (χ4v) is 3.53. The topological polar surface area (TPSA) is 139 Å². The molecular formula is C18H21F3N6O4S. The van der Waals surface area contributed by atoms with E-state index in [2.05, 4.69) is 20.3 Å². The smallest absolute Gasteiger partial charge is 0.315 e. The monoisotopic (exact) mass is 474 g/mol. The lowest BCUT2D eigenvalue weighted by molar-refractivity contribution is -0.0447. The van der Waals surface area contributed by atoms with Crippen LogP contribution in [0.3, 0.4) is 0 Å². The Labute approximate surface area is 179 Å². The van der Waals surface area contributed by atoms with E-state index in [1.165, 1.54) is 4.72 Å². The van der Waals surface area contributed by atoms with Crippen molar-refractivity contribution in [1.29, 1.82) is 0 Å². The van der Waals surface area contributed by atoms with Gasteiger partial charge in [-0.15, -0.1) is 0 Å². The van der Waals surface area contributed by atoms with Crippen LogP contribution in [0.2, 0.25) is 0 Å². The number of fused-ring (bicyclic) bond motifs is 2. The molecule has 0 atom stereocenters. The first-order chi connectivity index (χ1) is 14.9. The van der Waals surface area contributed by atoms with E-state index in [1.807, 2.05) is 19.9 Å². The zero-order valence-electron chi connectivity index (χ0n) is 17.2. The molecule has 0 fully saturated rings. The number of hydrogen-bond acceptors (Lipinski definition) is 7. The highest BCUT2D eigenvalue weighted by Crippen LogP contribution is 2.21. The number of sulfonamides is 1. The van der Waals surface area contributed by atoms with Crippen LogP contribution in [0.15, 0.2) is 21.7 Å². The molecule has 0 aliphatic rings. The summed E-state index contributed by atoms with van der Waals surface area (Å²) < 4.78 is 60.8. The third kappa shape index (κ3) is 4.97. The maximum Gasteiger partial charge on any atom is 0.511 e. The summed E-state index contributed by atoms with van der Waals surface area (Å²) in [5.74, 6) is 0. The fourth-order valence-electron chi connectivity index (χ4n) is 2.96. The van der Waals surface area contributed by atoms with Crippen LogP contribution in [0.25, 0.3) is 22.2 Å². The van der Waals surface area contributed by atoms with Gasteiger partial charge in [-0.2, -0.15) is 13.2 Å². The second-order valence-electron chi connectivity index (χ2n) is 7.18. The van der Waals surface area contributed by atoms with Gasteiger partial charge in [-0.3, -0.25) is 14.3 Å². The summed E-state index contributed by atoms with van der Waals surface area (Å²) >= 11 is 0. The van der Waals surface area contributed by atoms with Gasteiger partial charge in [0, 0.05) is 19.6 Å². The first-order valence-electron chi connectivity index (χ1n) is 9.59. The molecule has 0 aliphatic heterocycles. The number of aromatic amines is 1. The Morgan fingerprint density at radius 1 is 1.03 bits per heavy atom. The number of benzene rings is 1. The molecule has 3 rings (SSSR count). The van der Waals surface area contributed by atoms with Gasteiger partial charge in [0.15, 0.2) is 11.2 Å². The minimum Gasteiger partial charge on any atom is -0.315 e. The second kappa shape index (κ2) is 8.96. The van der Waals surface area contributed by atoms with Gasteiger partial charge in [-0.1, -0.05) is 0 Å². The van der Waals surface area contributed by atoms with Crippen molar-refractivity contribution < 1.29 is 21.6 Å². The van der Waals surface area contributed by atoms with Crippen molar-refractivity contribution in [1.82, 2.24) is 29.6 Å². The van der Waals surface area contributed by atoms with Gasteiger partial charge in [-0.25, -0.2) is 27.9 Å². The lowest BCUT2D eigenvalue weighted by Gasteiger charge is -2.10. The number of nitrogens with one attached hydrogen (secondary N) is 3. The molecule has 0 amide bonds. The molecule has 0 saturated carbocycles. The molecular weight excluding hydrogens is 453 g/mol. The highest BCUT2D eigenvalue weighted by atomic mass is 32.2. The molecule has 0 radical (unpaired) electrons. The molecule has 0 spiro atoms. The highest BCUT2D eigenvalue weighted by molar-refractivity contribution is 7.90. The second-order valence-corrected chi connectivity index (χ2v) is 8.94. The summed E-state index contributed by atoms with van der Waals surface area (Å²) in [5.41, 5.74) is -3.48. The van der Waals surface area contributed by atoms with Crippen LogP contribution >= 0.6 is 0 Å². The van der Waals surface area contributed by atoms with Gasteiger partial charge in [-0.05, 0) is 50.1 Å². The number of H-pyrrole nitrogens is 1. The van der Waals surface area contributed by atoms with Crippen LogP contribution in [-0.2, 0) is 16.6 Å². The van der Waals surface area contributed by atoms with Crippen molar-refractivity contribution in [3.05, 3.63) is 44.1 Å². The molecule has 32 heavy (non-hydrogen) atoms. The largest absolute Gasteiger partial charge is 0.511 e. The molecule has 14 heteroatoms. The molecule has 3 aromatic rings. The molecule has 1 aromatic carbocycles. The molecule has 0 bridgehead atoms. The Kier molecular flexibility index (Phi) is 6.67. The number of hydrogen-bond donors (Lipinski definition) is 3. The van der Waals surface area contributed by atoms with Crippen LogP contribution in [-0.4, -0.2) is 53.1 Å². The lowest BCUT2D eigenvalue weighted by Crippen LogP contribution is -2.39. The quantitative estimate of drug-likeness (QED) is 0.322. The maximum atomic E-state index is 12.7. The number of aromatic nitrogens is 4. The van der Waals surface area contributed by atoms with E-state index in [1.54, 1.807) is 6.07 Å². The zero-order valence-corrected chi connectivity index (χ0v) is 18.0. The van der Waals surface area contributed by atoms with E-state index in [4.69, 9.17) is 0 Å². The minimum absolute atomic E-state index is 0.0157. The molecule has 0 aliphatic carbocycles. The van der Waals surface area contributed by atoms with E-state index in [0.29, 0.717) is 11.0 Å². The van der Waals surface area contributed by atoms with Gasteiger partial charge >= 0.3 is 21.2 Å². The minimum atomic E-state index is -5.37. The molecule has 0 saturated heterocycles. The molecule has 174 valence electrons. The Morgan fingerprint density at radius 2 is 1.66 bits per heavy atom. The average Bonchev–Trinajstić information content (AvgIpc) is 2.68. The summed E-state index contributed by atoms with van der Waals surface area (Å²) in [6.45, 7) is 3.71. The van der Waals surface area contributed by atoms with Crippen LogP contribution in [0.4, 0.5) is 13.2 Å². The third-order valence-electron chi connectivity index (χ3n) is 4.84. The van der Waals surface area contributed by atoms with Crippen molar-refractivity contribution in [2.45, 2.75) is 32.3 Å². The number of aryl methyl sites for hydroxylation is 2. The van der Waals surface area contributed by atoms with Crippen molar-refractivity contribution in [2.75, 3.05) is 19.6 Å². The Hall–Kier alpha value is -2.84. The van der Waals surface area contributed by atoms with Crippen molar-refractivity contribution >= 4 is 32.2 Å². The van der Waals surface area contributed by atoms with Crippen LogP contribution in [0, 0.1) is 13.8 Å². The molecule has 2 aromatic heterocycles. The van der Waals surface area contributed by atoms with Crippen LogP contribution in [0.5, 0.6) is 0 Å². The molecule has 2 heterocycles. The number of halogens is 3. The first kappa shape index (κ1) is 23.8. The maximum absolute atomic E-state index is 12.7. The van der Waals surface area contributed by atoms with E-state index in [0.717, 1.165) is 15.7 Å². The Balaban J connectivity index is 1.65. The first-order valence-corrected chi connectivity index (χ1v) is 11.1. The van der Waals surface area contributed by atoms with E-state index < -0.39 is 33.3 Å². The lowest BCUT2D eigenvalue weighted by atomic mass is 10.1. The molecule has 0 unspecified atom stereocenters. The summed E-state index contributed by atoms with van der Waals surface area (Å²) in [6, 6.07) is 3.63. The SMILES string of the molecule is Cc1cc2nc3[nH]c(=O)n(CCNCCCNS(=O)(=O)C(F)(F)F)c(=O)c3nc2cc1C. The summed E-state index contributed by atoms with van der Waals surface area (Å²) in [6.07, 6.45) is 0.0779. The third-order valence-corrected chi connectivity index (χ3v) is 6.03. The predicted octanol–water partition coefficient (Wildman–Crippen LogP) is 0.669. The van der Waals surface area contributed by atoms with E-state index in [9.17, 15) is 31.2 Å². The van der Waals surface area contributed by atoms with Crippen LogP contribution in [0.1, 0.15) is 17.5 Å². The molecule has 3 N–H and O–H groups in total. The van der Waals surface area contributed by atoms with Gasteiger partial charge in [0.05, 0.1) is 11.0 Å². The Morgan fingerprint density at radius 3 is 2.28 bits per heavy atom. The normalized spacial score (nSPS) is 12.7. The van der Waals surface area contributed by atoms with Gasteiger partial charge in [0.2, 0.25) is 0 Å². The van der Waals surface area contributed by atoms with Gasteiger partial charge in [0.1, 0.15) is 0 Å².